The van der Waals surface area contributed by atoms with Crippen LogP contribution in [-0.2, 0) is 12.8 Å². The number of nitrogen functional groups attached to an aromatic ring is 2. The molecule has 132 valence electrons. The third-order valence-electron chi connectivity index (χ3n) is 4.41. The summed E-state index contributed by atoms with van der Waals surface area (Å²) < 4.78 is 0. The summed E-state index contributed by atoms with van der Waals surface area (Å²) in [6.07, 6.45) is 8.10. The van der Waals surface area contributed by atoms with E-state index in [1.807, 2.05) is 36.4 Å². The molecule has 4 nitrogen and oxygen atoms in total. The highest BCUT2D eigenvalue weighted by molar-refractivity contribution is 5.95. The Kier molecular flexibility index (Phi) is 7.20. The van der Waals surface area contributed by atoms with Gasteiger partial charge in [-0.3, -0.25) is 10.8 Å². The van der Waals surface area contributed by atoms with Crippen molar-refractivity contribution in [3.05, 3.63) is 70.8 Å². The second-order valence-corrected chi connectivity index (χ2v) is 6.50. The Bertz CT molecular complexity index is 660. The van der Waals surface area contributed by atoms with Crippen LogP contribution in [0.3, 0.4) is 0 Å². The minimum Gasteiger partial charge on any atom is -0.384 e. The van der Waals surface area contributed by atoms with Gasteiger partial charge in [-0.2, -0.15) is 0 Å². The fourth-order valence-electron chi connectivity index (χ4n) is 2.98. The summed E-state index contributed by atoms with van der Waals surface area (Å²) in [6, 6.07) is 16.0. The van der Waals surface area contributed by atoms with E-state index in [1.165, 1.54) is 43.2 Å². The van der Waals surface area contributed by atoms with Crippen molar-refractivity contribution in [1.29, 1.82) is 10.8 Å². The molecule has 0 amide bonds. The van der Waals surface area contributed by atoms with Crippen LogP contribution in [0.4, 0.5) is 0 Å². The Balaban J connectivity index is 1.62. The Morgan fingerprint density at radius 2 is 1.04 bits per heavy atom. The second-order valence-electron chi connectivity index (χ2n) is 6.50. The summed E-state index contributed by atoms with van der Waals surface area (Å²) in [4.78, 5) is 0. The zero-order valence-corrected chi connectivity index (χ0v) is 14.7. The molecule has 0 bridgehead atoms. The summed E-state index contributed by atoms with van der Waals surface area (Å²) in [6.45, 7) is 0. The van der Waals surface area contributed by atoms with Crippen molar-refractivity contribution in [3.63, 3.8) is 0 Å². The number of nitrogens with one attached hydrogen (secondary N) is 2. The van der Waals surface area contributed by atoms with E-state index in [1.54, 1.807) is 0 Å². The normalized spacial score (nSPS) is 10.6. The van der Waals surface area contributed by atoms with Gasteiger partial charge in [-0.25, -0.2) is 0 Å². The number of aryl methyl sites for hydroxylation is 2. The summed E-state index contributed by atoms with van der Waals surface area (Å²) in [5, 5.41) is 15.0. The van der Waals surface area contributed by atoms with Gasteiger partial charge in [0.05, 0.1) is 0 Å². The Morgan fingerprint density at radius 1 is 0.640 bits per heavy atom. The van der Waals surface area contributed by atoms with Crippen molar-refractivity contribution in [3.8, 4) is 0 Å². The maximum absolute atomic E-state index is 7.49. The van der Waals surface area contributed by atoms with E-state index in [9.17, 15) is 0 Å². The molecule has 4 heteroatoms. The fourth-order valence-corrected chi connectivity index (χ4v) is 2.98. The largest absolute Gasteiger partial charge is 0.384 e. The Hall–Kier alpha value is -2.62. The van der Waals surface area contributed by atoms with Crippen LogP contribution in [0.15, 0.2) is 48.5 Å². The van der Waals surface area contributed by atoms with E-state index in [-0.39, 0.29) is 11.7 Å². The lowest BCUT2D eigenvalue weighted by atomic mass is 10.0. The number of hydrogen-bond acceptors (Lipinski definition) is 2. The standard InChI is InChI=1S/C21H28N4/c22-20(23)18-12-6-10-16(14-18)8-4-2-1-3-5-9-17-11-7-13-19(15-17)21(24)25/h6-7,10-15H,1-5,8-9H2,(H3,22,23)(H3,24,25). The minimum absolute atomic E-state index is 0.135. The van der Waals surface area contributed by atoms with Crippen molar-refractivity contribution in [2.24, 2.45) is 11.5 Å². The number of unbranched alkanes of at least 4 members (excludes halogenated alkanes) is 4. The van der Waals surface area contributed by atoms with E-state index in [2.05, 4.69) is 12.1 Å². The first kappa shape index (κ1) is 18.7. The SMILES string of the molecule is N=C(N)c1cccc(CCCCCCCc2cccc(C(=N)N)c2)c1. The van der Waals surface area contributed by atoms with Gasteiger partial charge in [-0.05, 0) is 48.9 Å². The Labute approximate surface area is 150 Å². The van der Waals surface area contributed by atoms with Gasteiger partial charge in [0.1, 0.15) is 11.7 Å². The monoisotopic (exact) mass is 336 g/mol. The topological polar surface area (TPSA) is 99.7 Å². The van der Waals surface area contributed by atoms with Crippen molar-refractivity contribution in [2.45, 2.75) is 44.9 Å². The van der Waals surface area contributed by atoms with Gasteiger partial charge in [0.15, 0.2) is 0 Å². The summed E-state index contributed by atoms with van der Waals surface area (Å²) in [7, 11) is 0. The van der Waals surface area contributed by atoms with Gasteiger partial charge < -0.3 is 11.5 Å². The lowest BCUT2D eigenvalue weighted by molar-refractivity contribution is 0.613. The van der Waals surface area contributed by atoms with Crippen LogP contribution in [0.2, 0.25) is 0 Å². The van der Waals surface area contributed by atoms with Crippen LogP contribution in [0.25, 0.3) is 0 Å². The molecule has 2 rings (SSSR count). The van der Waals surface area contributed by atoms with Gasteiger partial charge in [-0.15, -0.1) is 0 Å². The zero-order valence-electron chi connectivity index (χ0n) is 14.7. The van der Waals surface area contributed by atoms with Crippen molar-refractivity contribution < 1.29 is 0 Å². The van der Waals surface area contributed by atoms with Crippen molar-refractivity contribution in [1.82, 2.24) is 0 Å². The van der Waals surface area contributed by atoms with Crippen LogP contribution >= 0.6 is 0 Å². The van der Waals surface area contributed by atoms with Crippen LogP contribution in [0, 0.1) is 10.8 Å². The molecule has 2 aromatic rings. The molecule has 6 N–H and O–H groups in total. The fraction of sp³-hybridized carbons (Fsp3) is 0.333. The molecule has 0 saturated heterocycles. The van der Waals surface area contributed by atoms with E-state index in [0.29, 0.717) is 0 Å². The first-order chi connectivity index (χ1) is 12.1. The molecular weight excluding hydrogens is 308 g/mol. The van der Waals surface area contributed by atoms with Crippen LogP contribution in [0.5, 0.6) is 0 Å². The average Bonchev–Trinajstić information content (AvgIpc) is 2.61. The predicted molar refractivity (Wildman–Crippen MR) is 105 cm³/mol. The lowest BCUT2D eigenvalue weighted by Crippen LogP contribution is -2.11. The van der Waals surface area contributed by atoms with Gasteiger partial charge >= 0.3 is 0 Å². The van der Waals surface area contributed by atoms with Crippen LogP contribution in [0.1, 0.15) is 54.4 Å². The van der Waals surface area contributed by atoms with Gasteiger partial charge in [0.2, 0.25) is 0 Å². The maximum atomic E-state index is 7.49. The molecule has 0 aliphatic heterocycles. The molecule has 2 aromatic carbocycles. The smallest absolute Gasteiger partial charge is 0.122 e. The van der Waals surface area contributed by atoms with E-state index >= 15 is 0 Å². The van der Waals surface area contributed by atoms with E-state index in [4.69, 9.17) is 22.3 Å². The highest BCUT2D eigenvalue weighted by Crippen LogP contribution is 2.13. The molecule has 0 saturated carbocycles. The maximum Gasteiger partial charge on any atom is 0.122 e. The molecule has 0 radical (unpaired) electrons. The molecule has 0 spiro atoms. The summed E-state index contributed by atoms with van der Waals surface area (Å²) in [5.74, 6) is 0.270. The number of hydrogen-bond donors (Lipinski definition) is 4. The molecule has 0 atom stereocenters. The first-order valence-electron chi connectivity index (χ1n) is 8.93. The van der Waals surface area contributed by atoms with Crippen LogP contribution in [-0.4, -0.2) is 11.7 Å². The zero-order chi connectivity index (χ0) is 18.1. The second kappa shape index (κ2) is 9.62. The van der Waals surface area contributed by atoms with E-state index in [0.717, 1.165) is 24.0 Å². The molecule has 25 heavy (non-hydrogen) atoms. The summed E-state index contributed by atoms with van der Waals surface area (Å²) in [5.41, 5.74) is 15.2. The highest BCUT2D eigenvalue weighted by atomic mass is 14.7. The van der Waals surface area contributed by atoms with Crippen LogP contribution < -0.4 is 11.5 Å². The molecule has 0 aromatic heterocycles. The number of nitrogens with two attached hydrogens (primary N) is 2. The quantitative estimate of drug-likeness (QED) is 0.299. The van der Waals surface area contributed by atoms with Crippen molar-refractivity contribution in [2.75, 3.05) is 0 Å². The third kappa shape index (κ3) is 6.42. The molecular formula is C21H28N4. The predicted octanol–water partition coefficient (Wildman–Crippen LogP) is 3.99. The summed E-state index contributed by atoms with van der Waals surface area (Å²) >= 11 is 0. The lowest BCUT2D eigenvalue weighted by Gasteiger charge is -2.06. The number of benzene rings is 2. The van der Waals surface area contributed by atoms with Crippen molar-refractivity contribution >= 4 is 11.7 Å². The minimum atomic E-state index is 0.135. The molecule has 0 heterocycles. The van der Waals surface area contributed by atoms with Gasteiger partial charge in [0.25, 0.3) is 0 Å². The van der Waals surface area contributed by atoms with E-state index < -0.39 is 0 Å². The molecule has 0 aliphatic carbocycles. The third-order valence-corrected chi connectivity index (χ3v) is 4.41. The highest BCUT2D eigenvalue weighted by Gasteiger charge is 2.01. The average molecular weight is 336 g/mol. The first-order valence-corrected chi connectivity index (χ1v) is 8.93. The number of amidine groups is 2. The molecule has 0 unspecified atom stereocenters. The molecule has 0 aliphatic rings. The molecule has 0 fully saturated rings. The Morgan fingerprint density at radius 3 is 1.44 bits per heavy atom. The number of rotatable bonds is 10. The van der Waals surface area contributed by atoms with Gasteiger partial charge in [0, 0.05) is 11.1 Å². The van der Waals surface area contributed by atoms with Gasteiger partial charge in [-0.1, -0.05) is 55.7 Å².